The Morgan fingerprint density at radius 3 is 2.47 bits per heavy atom. The van der Waals surface area contributed by atoms with E-state index in [1.807, 2.05) is 37.8 Å². The number of nitrogens with zero attached hydrogens (tertiary/aromatic N) is 1. The van der Waals surface area contributed by atoms with Gasteiger partial charge < -0.3 is 4.90 Å². The molecule has 3 nitrogen and oxygen atoms in total. The summed E-state index contributed by atoms with van der Waals surface area (Å²) in [7, 11) is 0. The van der Waals surface area contributed by atoms with E-state index in [1.165, 1.54) is 5.56 Å². The van der Waals surface area contributed by atoms with Gasteiger partial charge in [0.1, 0.15) is 0 Å². The first-order chi connectivity index (χ1) is 8.99. The van der Waals surface area contributed by atoms with E-state index in [0.717, 1.165) is 17.6 Å². The predicted octanol–water partition coefficient (Wildman–Crippen LogP) is 3.36. The minimum absolute atomic E-state index is 0.145. The molecule has 19 heavy (non-hydrogen) atoms. The molecule has 0 fully saturated rings. The van der Waals surface area contributed by atoms with E-state index >= 15 is 0 Å². The summed E-state index contributed by atoms with van der Waals surface area (Å²) in [6.07, 6.45) is 0. The zero-order chi connectivity index (χ0) is 14.4. The van der Waals surface area contributed by atoms with Crippen LogP contribution in [0.15, 0.2) is 28.7 Å². The molecule has 0 saturated heterocycles. The summed E-state index contributed by atoms with van der Waals surface area (Å²) in [4.78, 5) is 14.0. The van der Waals surface area contributed by atoms with Gasteiger partial charge in [0.05, 0.1) is 6.04 Å². The van der Waals surface area contributed by atoms with E-state index in [-0.39, 0.29) is 18.0 Å². The molecule has 1 aromatic rings. The maximum absolute atomic E-state index is 12.2. The predicted molar refractivity (Wildman–Crippen MR) is 83.1 cm³/mol. The summed E-state index contributed by atoms with van der Waals surface area (Å²) in [5, 5.41) is 3.36. The molecular weight excluding hydrogens is 304 g/mol. The molecule has 0 radical (unpaired) electrons. The van der Waals surface area contributed by atoms with Crippen molar-refractivity contribution in [3.05, 3.63) is 34.3 Å². The number of halogens is 1. The van der Waals surface area contributed by atoms with Crippen LogP contribution >= 0.6 is 15.9 Å². The molecule has 0 bridgehead atoms. The summed E-state index contributed by atoms with van der Waals surface area (Å²) >= 11 is 3.47. The maximum atomic E-state index is 12.2. The van der Waals surface area contributed by atoms with Crippen molar-refractivity contribution in [3.8, 4) is 0 Å². The molecule has 0 aliphatic heterocycles. The average molecular weight is 327 g/mol. The lowest BCUT2D eigenvalue weighted by Crippen LogP contribution is -2.45. The SMILES string of the molecule is CCN(CC)C(=O)C(C)N[C@H](C)c1cccc(Br)c1. The number of carbonyl (C=O) groups excluding carboxylic acids is 1. The quantitative estimate of drug-likeness (QED) is 0.869. The van der Waals surface area contributed by atoms with Crippen LogP contribution in [0.25, 0.3) is 0 Å². The standard InChI is InChI=1S/C15H23BrN2O/c1-5-18(6-2)15(19)12(4)17-11(3)13-8-7-9-14(16)10-13/h7-12,17H,5-6H2,1-4H3/t11-,12?/m1/s1. The van der Waals surface area contributed by atoms with E-state index in [9.17, 15) is 4.79 Å². The monoisotopic (exact) mass is 326 g/mol. The molecular formula is C15H23BrN2O. The third kappa shape index (κ3) is 4.62. The number of likely N-dealkylation sites (N-methyl/N-ethyl adjacent to an activating group) is 1. The van der Waals surface area contributed by atoms with Gasteiger partial charge in [-0.3, -0.25) is 10.1 Å². The lowest BCUT2D eigenvalue weighted by molar-refractivity contribution is -0.132. The third-order valence-electron chi connectivity index (χ3n) is 3.29. The number of benzene rings is 1. The molecule has 0 aliphatic carbocycles. The van der Waals surface area contributed by atoms with Gasteiger partial charge in [0.15, 0.2) is 0 Å². The van der Waals surface area contributed by atoms with Gasteiger partial charge in [-0.25, -0.2) is 0 Å². The fraction of sp³-hybridized carbons (Fsp3) is 0.533. The van der Waals surface area contributed by atoms with Crippen molar-refractivity contribution in [2.45, 2.75) is 39.8 Å². The molecule has 0 heterocycles. The molecule has 1 rings (SSSR count). The second kappa shape index (κ2) is 7.65. The minimum atomic E-state index is -0.172. The van der Waals surface area contributed by atoms with Gasteiger partial charge in [-0.15, -0.1) is 0 Å². The van der Waals surface area contributed by atoms with Gasteiger partial charge in [-0.2, -0.15) is 0 Å². The minimum Gasteiger partial charge on any atom is -0.342 e. The van der Waals surface area contributed by atoms with Crippen LogP contribution in [0, 0.1) is 0 Å². The highest BCUT2D eigenvalue weighted by Crippen LogP contribution is 2.18. The zero-order valence-electron chi connectivity index (χ0n) is 12.1. The second-order valence-corrected chi connectivity index (χ2v) is 5.59. The van der Waals surface area contributed by atoms with Crippen LogP contribution in [0.5, 0.6) is 0 Å². The van der Waals surface area contributed by atoms with Gasteiger partial charge in [0.2, 0.25) is 5.91 Å². The molecule has 1 aromatic carbocycles. The highest BCUT2D eigenvalue weighted by Gasteiger charge is 2.20. The lowest BCUT2D eigenvalue weighted by atomic mass is 10.1. The van der Waals surface area contributed by atoms with Gasteiger partial charge in [0.25, 0.3) is 0 Å². The smallest absolute Gasteiger partial charge is 0.239 e. The van der Waals surface area contributed by atoms with E-state index in [1.54, 1.807) is 0 Å². The number of hydrogen-bond donors (Lipinski definition) is 1. The van der Waals surface area contributed by atoms with Gasteiger partial charge in [0, 0.05) is 23.6 Å². The Hall–Kier alpha value is -0.870. The summed E-state index contributed by atoms with van der Waals surface area (Å²) in [5.41, 5.74) is 1.17. The first-order valence-corrected chi connectivity index (χ1v) is 7.59. The van der Waals surface area contributed by atoms with Crippen LogP contribution in [-0.2, 0) is 4.79 Å². The van der Waals surface area contributed by atoms with E-state index in [0.29, 0.717) is 0 Å². The molecule has 2 atom stereocenters. The van der Waals surface area contributed by atoms with Gasteiger partial charge >= 0.3 is 0 Å². The summed E-state index contributed by atoms with van der Waals surface area (Å²) < 4.78 is 1.06. The Balaban J connectivity index is 2.66. The van der Waals surface area contributed by atoms with E-state index in [2.05, 4.69) is 40.3 Å². The Kier molecular flexibility index (Phi) is 6.52. The molecule has 1 N–H and O–H groups in total. The van der Waals surface area contributed by atoms with Crippen LogP contribution in [0.4, 0.5) is 0 Å². The maximum Gasteiger partial charge on any atom is 0.239 e. The van der Waals surface area contributed by atoms with Crippen LogP contribution in [0.2, 0.25) is 0 Å². The number of nitrogens with one attached hydrogen (secondary N) is 1. The van der Waals surface area contributed by atoms with Crippen molar-refractivity contribution in [2.75, 3.05) is 13.1 Å². The highest BCUT2D eigenvalue weighted by molar-refractivity contribution is 9.10. The first-order valence-electron chi connectivity index (χ1n) is 6.79. The van der Waals surface area contributed by atoms with E-state index in [4.69, 9.17) is 0 Å². The second-order valence-electron chi connectivity index (χ2n) is 4.68. The molecule has 4 heteroatoms. The van der Waals surface area contributed by atoms with Crippen LogP contribution in [-0.4, -0.2) is 29.9 Å². The summed E-state index contributed by atoms with van der Waals surface area (Å²) in [6, 6.07) is 8.12. The van der Waals surface area contributed by atoms with Crippen LogP contribution in [0.1, 0.15) is 39.3 Å². The Labute approximate surface area is 124 Å². The van der Waals surface area contributed by atoms with Crippen LogP contribution < -0.4 is 5.32 Å². The summed E-state index contributed by atoms with van der Waals surface area (Å²) in [6.45, 7) is 9.53. The van der Waals surface area contributed by atoms with Gasteiger partial charge in [-0.05, 0) is 45.4 Å². The molecule has 106 valence electrons. The Morgan fingerprint density at radius 1 is 1.32 bits per heavy atom. The van der Waals surface area contributed by atoms with Crippen molar-refractivity contribution in [2.24, 2.45) is 0 Å². The molecule has 1 amide bonds. The number of rotatable bonds is 6. The van der Waals surface area contributed by atoms with Crippen molar-refractivity contribution in [3.63, 3.8) is 0 Å². The summed E-state index contributed by atoms with van der Waals surface area (Å²) in [5.74, 6) is 0.159. The van der Waals surface area contributed by atoms with Crippen molar-refractivity contribution in [1.82, 2.24) is 10.2 Å². The topological polar surface area (TPSA) is 32.3 Å². The molecule has 0 saturated carbocycles. The normalized spacial score (nSPS) is 13.9. The molecule has 0 aromatic heterocycles. The molecule has 0 aliphatic rings. The number of amides is 1. The third-order valence-corrected chi connectivity index (χ3v) is 3.79. The van der Waals surface area contributed by atoms with E-state index < -0.39 is 0 Å². The Bertz CT molecular complexity index is 418. The zero-order valence-corrected chi connectivity index (χ0v) is 13.7. The van der Waals surface area contributed by atoms with Crippen molar-refractivity contribution < 1.29 is 4.79 Å². The fourth-order valence-corrected chi connectivity index (χ4v) is 2.54. The Morgan fingerprint density at radius 2 is 1.95 bits per heavy atom. The molecule has 1 unspecified atom stereocenters. The first kappa shape index (κ1) is 16.2. The molecule has 0 spiro atoms. The number of hydrogen-bond acceptors (Lipinski definition) is 2. The van der Waals surface area contributed by atoms with Crippen LogP contribution in [0.3, 0.4) is 0 Å². The average Bonchev–Trinajstić information content (AvgIpc) is 2.39. The largest absolute Gasteiger partial charge is 0.342 e. The number of carbonyl (C=O) groups is 1. The van der Waals surface area contributed by atoms with Crippen molar-refractivity contribution in [1.29, 1.82) is 0 Å². The fourth-order valence-electron chi connectivity index (χ4n) is 2.13. The van der Waals surface area contributed by atoms with Crippen molar-refractivity contribution >= 4 is 21.8 Å². The highest BCUT2D eigenvalue weighted by atomic mass is 79.9. The lowest BCUT2D eigenvalue weighted by Gasteiger charge is -2.26. The van der Waals surface area contributed by atoms with Gasteiger partial charge in [-0.1, -0.05) is 28.1 Å².